The molecule has 5 nitrogen and oxygen atoms in total. The average Bonchev–Trinajstić information content (AvgIpc) is 2.42. The van der Waals surface area contributed by atoms with Crippen molar-refractivity contribution in [1.29, 1.82) is 0 Å². The van der Waals surface area contributed by atoms with Crippen molar-refractivity contribution in [2.24, 2.45) is 0 Å². The first-order valence-corrected chi connectivity index (χ1v) is 6.68. The predicted molar refractivity (Wildman–Crippen MR) is 79.2 cm³/mol. The molecule has 0 aliphatic rings. The minimum Gasteiger partial charge on any atom is -0.473 e. The van der Waals surface area contributed by atoms with E-state index in [0.29, 0.717) is 19.0 Å². The van der Waals surface area contributed by atoms with Gasteiger partial charge in [-0.2, -0.15) is 0 Å². The van der Waals surface area contributed by atoms with Crippen LogP contribution in [0.3, 0.4) is 0 Å². The van der Waals surface area contributed by atoms with Gasteiger partial charge in [-0.25, -0.2) is 4.98 Å². The summed E-state index contributed by atoms with van der Waals surface area (Å²) in [4.78, 5) is 15.8. The highest BCUT2D eigenvalue weighted by molar-refractivity contribution is 5.51. The van der Waals surface area contributed by atoms with E-state index in [9.17, 15) is 4.79 Å². The molecular weight excluding hydrogens is 254 g/mol. The highest BCUT2D eigenvalue weighted by Crippen LogP contribution is 2.21. The summed E-state index contributed by atoms with van der Waals surface area (Å²) in [6, 6.07) is 8.90. The number of nitrogens with zero attached hydrogens (tertiary/aromatic N) is 2. The fourth-order valence-corrected chi connectivity index (χ4v) is 1.80. The highest BCUT2D eigenvalue weighted by Gasteiger charge is 2.05. The predicted octanol–water partition coefficient (Wildman–Crippen LogP) is 2.14. The Morgan fingerprint density at radius 3 is 2.90 bits per heavy atom. The Hall–Kier alpha value is -2.30. The van der Waals surface area contributed by atoms with E-state index >= 15 is 0 Å². The fraction of sp³-hybridized carbons (Fsp3) is 0.333. The molecule has 106 valence electrons. The molecule has 0 aliphatic heterocycles. The zero-order chi connectivity index (χ0) is 14.4. The molecule has 0 saturated heterocycles. The summed E-state index contributed by atoms with van der Waals surface area (Å²) in [6.45, 7) is 5.14. The lowest BCUT2D eigenvalue weighted by atomic mass is 10.4. The monoisotopic (exact) mass is 273 g/mol. The van der Waals surface area contributed by atoms with E-state index in [-0.39, 0.29) is 11.7 Å². The van der Waals surface area contributed by atoms with Crippen LogP contribution in [0.25, 0.3) is 0 Å². The van der Waals surface area contributed by atoms with Crippen LogP contribution >= 0.6 is 0 Å². The lowest BCUT2D eigenvalue weighted by Crippen LogP contribution is -2.22. The van der Waals surface area contributed by atoms with Crippen LogP contribution in [0.4, 0.5) is 5.69 Å². The molecule has 2 aromatic rings. The molecule has 0 atom stereocenters. The van der Waals surface area contributed by atoms with Gasteiger partial charge in [-0.3, -0.25) is 4.79 Å². The van der Waals surface area contributed by atoms with Gasteiger partial charge in [-0.15, -0.1) is 0 Å². The van der Waals surface area contributed by atoms with Crippen LogP contribution in [0.15, 0.2) is 47.5 Å². The third kappa shape index (κ3) is 3.85. The molecule has 0 unspecified atom stereocenters. The van der Waals surface area contributed by atoms with Gasteiger partial charge in [0.05, 0.1) is 11.8 Å². The molecule has 0 aromatic carbocycles. The van der Waals surface area contributed by atoms with E-state index in [1.165, 1.54) is 0 Å². The molecule has 0 bridgehead atoms. The van der Waals surface area contributed by atoms with Gasteiger partial charge in [0.15, 0.2) is 0 Å². The second-order valence-electron chi connectivity index (χ2n) is 4.68. The first kappa shape index (κ1) is 14.1. The van der Waals surface area contributed by atoms with Crippen molar-refractivity contribution in [3.8, 4) is 5.88 Å². The lowest BCUT2D eigenvalue weighted by molar-refractivity contribution is 0.234. The largest absolute Gasteiger partial charge is 0.473 e. The van der Waals surface area contributed by atoms with Gasteiger partial charge in [0.1, 0.15) is 0 Å². The molecule has 2 aromatic heterocycles. The van der Waals surface area contributed by atoms with Crippen LogP contribution in [0, 0.1) is 0 Å². The molecule has 0 radical (unpaired) electrons. The molecule has 5 heteroatoms. The normalized spacial score (nSPS) is 10.6. The van der Waals surface area contributed by atoms with Crippen LogP contribution in [0.1, 0.15) is 13.8 Å². The number of ether oxygens (including phenoxy) is 1. The number of pyridine rings is 2. The van der Waals surface area contributed by atoms with Gasteiger partial charge in [-0.1, -0.05) is 6.07 Å². The van der Waals surface area contributed by atoms with E-state index in [0.717, 1.165) is 5.69 Å². The van der Waals surface area contributed by atoms with Crippen molar-refractivity contribution in [3.05, 3.63) is 53.1 Å². The average molecular weight is 273 g/mol. The molecule has 0 amide bonds. The molecule has 1 N–H and O–H groups in total. The van der Waals surface area contributed by atoms with E-state index in [1.54, 1.807) is 29.1 Å². The van der Waals surface area contributed by atoms with E-state index < -0.39 is 0 Å². The Bertz CT molecular complexity index is 608. The van der Waals surface area contributed by atoms with Crippen molar-refractivity contribution in [1.82, 2.24) is 9.55 Å². The van der Waals surface area contributed by atoms with E-state index in [2.05, 4.69) is 10.3 Å². The van der Waals surface area contributed by atoms with Crippen LogP contribution in [-0.2, 0) is 6.54 Å². The Balaban J connectivity index is 1.98. The minimum atomic E-state index is -0.000796. The highest BCUT2D eigenvalue weighted by atomic mass is 16.5. The summed E-state index contributed by atoms with van der Waals surface area (Å²) < 4.78 is 7.29. The quantitative estimate of drug-likeness (QED) is 0.876. The minimum absolute atomic E-state index is 0.000796. The summed E-state index contributed by atoms with van der Waals surface area (Å²) in [5, 5.41) is 3.25. The maximum Gasteiger partial charge on any atom is 0.250 e. The van der Waals surface area contributed by atoms with E-state index in [4.69, 9.17) is 4.74 Å². The number of aromatic nitrogens is 2. The lowest BCUT2D eigenvalue weighted by Gasteiger charge is -2.14. The molecular formula is C15H19N3O2. The maximum atomic E-state index is 11.6. The molecule has 20 heavy (non-hydrogen) atoms. The Morgan fingerprint density at radius 1 is 1.30 bits per heavy atom. The van der Waals surface area contributed by atoms with Gasteiger partial charge >= 0.3 is 0 Å². The number of hydrogen-bond donors (Lipinski definition) is 1. The van der Waals surface area contributed by atoms with Gasteiger partial charge in [0, 0.05) is 31.5 Å². The SMILES string of the molecule is CC(C)Oc1ncccc1NCCn1ccccc1=O. The van der Waals surface area contributed by atoms with Crippen LogP contribution < -0.4 is 15.6 Å². The van der Waals surface area contributed by atoms with Crippen molar-refractivity contribution in [2.75, 3.05) is 11.9 Å². The van der Waals surface area contributed by atoms with Crippen LogP contribution in [-0.4, -0.2) is 22.2 Å². The van der Waals surface area contributed by atoms with Crippen LogP contribution in [0.2, 0.25) is 0 Å². The van der Waals surface area contributed by atoms with Crippen molar-refractivity contribution < 1.29 is 4.74 Å². The van der Waals surface area contributed by atoms with Crippen molar-refractivity contribution in [2.45, 2.75) is 26.5 Å². The molecule has 0 aliphatic carbocycles. The third-order valence-corrected chi connectivity index (χ3v) is 2.69. The number of hydrogen-bond acceptors (Lipinski definition) is 4. The first-order valence-electron chi connectivity index (χ1n) is 6.68. The molecule has 0 fully saturated rings. The smallest absolute Gasteiger partial charge is 0.250 e. The third-order valence-electron chi connectivity index (χ3n) is 2.69. The summed E-state index contributed by atoms with van der Waals surface area (Å²) in [5.74, 6) is 0.586. The zero-order valence-corrected chi connectivity index (χ0v) is 11.7. The zero-order valence-electron chi connectivity index (χ0n) is 11.7. The van der Waals surface area contributed by atoms with Crippen LogP contribution in [0.5, 0.6) is 5.88 Å². The molecule has 0 spiro atoms. The summed E-state index contributed by atoms with van der Waals surface area (Å²) in [5.41, 5.74) is 0.837. The second-order valence-corrected chi connectivity index (χ2v) is 4.68. The van der Waals surface area contributed by atoms with Gasteiger partial charge in [0.25, 0.3) is 5.56 Å². The molecule has 2 rings (SSSR count). The van der Waals surface area contributed by atoms with Crippen molar-refractivity contribution in [3.63, 3.8) is 0 Å². The Kier molecular flexibility index (Phi) is 4.76. The van der Waals surface area contributed by atoms with E-state index in [1.807, 2.05) is 32.0 Å². The topological polar surface area (TPSA) is 56.1 Å². The number of nitrogens with one attached hydrogen (secondary N) is 1. The Labute approximate surface area is 118 Å². The number of anilines is 1. The fourth-order valence-electron chi connectivity index (χ4n) is 1.80. The van der Waals surface area contributed by atoms with Crippen molar-refractivity contribution >= 4 is 5.69 Å². The molecule has 0 saturated carbocycles. The first-order chi connectivity index (χ1) is 9.66. The second kappa shape index (κ2) is 6.75. The summed E-state index contributed by atoms with van der Waals surface area (Å²) in [7, 11) is 0. The summed E-state index contributed by atoms with van der Waals surface area (Å²) >= 11 is 0. The van der Waals surface area contributed by atoms with Gasteiger partial charge in [-0.05, 0) is 32.0 Å². The standard InChI is InChI=1S/C15H19N3O2/c1-12(2)20-15-13(6-5-8-17-15)16-9-11-18-10-4-3-7-14(18)19/h3-8,10,12,16H,9,11H2,1-2H3. The maximum absolute atomic E-state index is 11.6. The van der Waals surface area contributed by atoms with Gasteiger partial charge in [0.2, 0.25) is 5.88 Å². The van der Waals surface area contributed by atoms with Gasteiger partial charge < -0.3 is 14.6 Å². The summed E-state index contributed by atoms with van der Waals surface area (Å²) in [6.07, 6.45) is 3.55. The Morgan fingerprint density at radius 2 is 2.15 bits per heavy atom. The number of rotatable bonds is 6. The molecule has 2 heterocycles.